The maximum absolute atomic E-state index is 14.5. The number of amides is 1. The third kappa shape index (κ3) is 4.37. The lowest BCUT2D eigenvalue weighted by Crippen LogP contribution is -2.32. The molecule has 11 heteroatoms. The number of nitrogens with two attached hydrogens (primary N) is 1. The summed E-state index contributed by atoms with van der Waals surface area (Å²) in [6.07, 6.45) is -3.18. The number of hydrogen-bond donors (Lipinski definition) is 2. The molecule has 2 aromatic heterocycles. The Balaban J connectivity index is 1.67. The van der Waals surface area contributed by atoms with Crippen molar-refractivity contribution in [3.63, 3.8) is 0 Å². The van der Waals surface area contributed by atoms with Gasteiger partial charge in [-0.25, -0.2) is 19.3 Å². The molecule has 0 radical (unpaired) electrons. The van der Waals surface area contributed by atoms with E-state index in [1.807, 2.05) is 4.90 Å². The molecule has 0 spiro atoms. The van der Waals surface area contributed by atoms with E-state index in [0.29, 0.717) is 29.8 Å². The van der Waals surface area contributed by atoms with Crippen LogP contribution in [0.15, 0.2) is 36.5 Å². The highest BCUT2D eigenvalue weighted by atomic mass is 19.4. The fourth-order valence-electron chi connectivity index (χ4n) is 3.67. The highest BCUT2D eigenvalue weighted by Crippen LogP contribution is 2.33. The summed E-state index contributed by atoms with van der Waals surface area (Å²) in [7, 11) is 0. The van der Waals surface area contributed by atoms with Crippen LogP contribution in [0.25, 0.3) is 11.1 Å². The van der Waals surface area contributed by atoms with Crippen molar-refractivity contribution in [3.8, 4) is 16.9 Å². The lowest BCUT2D eigenvalue weighted by Gasteiger charge is -2.29. The van der Waals surface area contributed by atoms with Crippen molar-refractivity contribution in [1.82, 2.24) is 19.9 Å². The second-order valence-corrected chi connectivity index (χ2v) is 7.34. The minimum absolute atomic E-state index is 0.0607. The Morgan fingerprint density at radius 2 is 1.94 bits per heavy atom. The van der Waals surface area contributed by atoms with Gasteiger partial charge in [-0.15, -0.1) is 0 Å². The zero-order valence-electron chi connectivity index (χ0n) is 16.5. The average molecular weight is 447 g/mol. The Kier molecular flexibility index (Phi) is 5.51. The molecule has 32 heavy (non-hydrogen) atoms. The van der Waals surface area contributed by atoms with E-state index in [1.54, 1.807) is 0 Å². The lowest BCUT2D eigenvalue weighted by molar-refractivity contribution is -0.145. The number of carbonyl (C=O) groups excluding carboxylic acids is 1. The van der Waals surface area contributed by atoms with E-state index in [2.05, 4.69) is 15.0 Å². The number of benzene rings is 1. The first-order chi connectivity index (χ1) is 15.1. The van der Waals surface area contributed by atoms with Crippen molar-refractivity contribution in [2.45, 2.75) is 25.7 Å². The Hall–Kier alpha value is -3.60. The number of carbonyl (C=O) groups is 1. The second-order valence-electron chi connectivity index (χ2n) is 7.34. The summed E-state index contributed by atoms with van der Waals surface area (Å²) in [6, 6.07) is 6.50. The van der Waals surface area contributed by atoms with Crippen LogP contribution in [-0.2, 0) is 25.7 Å². The van der Waals surface area contributed by atoms with Crippen LogP contribution in [0.1, 0.15) is 33.3 Å². The number of halogens is 4. The summed E-state index contributed by atoms with van der Waals surface area (Å²) in [6.45, 7) is 0.758. The summed E-state index contributed by atoms with van der Waals surface area (Å²) in [4.78, 5) is 24.8. The van der Waals surface area contributed by atoms with E-state index >= 15 is 0 Å². The van der Waals surface area contributed by atoms with Gasteiger partial charge in [0.25, 0.3) is 5.91 Å². The average Bonchev–Trinajstić information content (AvgIpc) is 2.72. The number of primary amides is 1. The van der Waals surface area contributed by atoms with Crippen LogP contribution in [0.5, 0.6) is 5.75 Å². The fourth-order valence-corrected chi connectivity index (χ4v) is 3.67. The number of pyridine rings is 1. The summed E-state index contributed by atoms with van der Waals surface area (Å²) in [5.41, 5.74) is 7.32. The van der Waals surface area contributed by atoms with Crippen LogP contribution in [0, 0.1) is 5.82 Å². The molecule has 4 rings (SSSR count). The van der Waals surface area contributed by atoms with Crippen LogP contribution in [0.4, 0.5) is 17.6 Å². The molecule has 1 aromatic carbocycles. The largest absolute Gasteiger partial charge is 0.508 e. The summed E-state index contributed by atoms with van der Waals surface area (Å²) in [5.74, 6) is -2.92. The quantitative estimate of drug-likeness (QED) is 0.596. The number of rotatable bonds is 4. The molecule has 0 saturated carbocycles. The van der Waals surface area contributed by atoms with Crippen molar-refractivity contribution in [3.05, 3.63) is 70.8 Å². The maximum Gasteiger partial charge on any atom is 0.451 e. The first kappa shape index (κ1) is 21.6. The van der Waals surface area contributed by atoms with Gasteiger partial charge >= 0.3 is 6.18 Å². The van der Waals surface area contributed by atoms with Crippen molar-refractivity contribution < 1.29 is 27.5 Å². The van der Waals surface area contributed by atoms with Crippen molar-refractivity contribution in [1.29, 1.82) is 0 Å². The second kappa shape index (κ2) is 8.15. The Bertz CT molecular complexity index is 1200. The molecule has 1 amide bonds. The zero-order chi connectivity index (χ0) is 23.0. The molecule has 7 nitrogen and oxygen atoms in total. The molecule has 1 aliphatic heterocycles. The van der Waals surface area contributed by atoms with E-state index in [1.165, 1.54) is 24.3 Å². The topological polar surface area (TPSA) is 105 Å². The molecule has 1 aliphatic rings. The molecule has 0 unspecified atom stereocenters. The molecule has 3 aromatic rings. The first-order valence-corrected chi connectivity index (χ1v) is 9.55. The molecule has 0 atom stereocenters. The summed E-state index contributed by atoms with van der Waals surface area (Å²) in [5, 5.41) is 9.50. The number of phenols is 1. The van der Waals surface area contributed by atoms with E-state index in [0.717, 1.165) is 12.3 Å². The van der Waals surface area contributed by atoms with E-state index in [4.69, 9.17) is 5.73 Å². The number of nitrogens with zero attached hydrogens (tertiary/aromatic N) is 4. The third-order valence-corrected chi connectivity index (χ3v) is 5.11. The van der Waals surface area contributed by atoms with Crippen LogP contribution in [0.2, 0.25) is 0 Å². The van der Waals surface area contributed by atoms with E-state index in [-0.39, 0.29) is 35.8 Å². The van der Waals surface area contributed by atoms with Crippen LogP contribution in [0.3, 0.4) is 0 Å². The predicted octanol–water partition coefficient (Wildman–Crippen LogP) is 3.06. The van der Waals surface area contributed by atoms with E-state index < -0.39 is 23.7 Å². The molecule has 0 fully saturated rings. The predicted molar refractivity (Wildman–Crippen MR) is 105 cm³/mol. The van der Waals surface area contributed by atoms with Gasteiger partial charge in [0, 0.05) is 37.5 Å². The van der Waals surface area contributed by atoms with Crippen LogP contribution < -0.4 is 5.73 Å². The van der Waals surface area contributed by atoms with Crippen LogP contribution >= 0.6 is 0 Å². The van der Waals surface area contributed by atoms with Crippen molar-refractivity contribution in [2.75, 3.05) is 6.54 Å². The molecule has 3 N–H and O–H groups in total. The van der Waals surface area contributed by atoms with Gasteiger partial charge in [-0.1, -0.05) is 0 Å². The molecular weight excluding hydrogens is 430 g/mol. The van der Waals surface area contributed by atoms with Gasteiger partial charge in [-0.05, 0) is 41.8 Å². The molecule has 166 valence electrons. The van der Waals surface area contributed by atoms with Gasteiger partial charge < -0.3 is 10.8 Å². The normalized spacial score (nSPS) is 14.2. The Morgan fingerprint density at radius 1 is 1.16 bits per heavy atom. The number of aromatic nitrogens is 3. The van der Waals surface area contributed by atoms with Crippen molar-refractivity contribution >= 4 is 5.91 Å². The summed E-state index contributed by atoms with van der Waals surface area (Å²) >= 11 is 0. The molecule has 0 bridgehead atoms. The monoisotopic (exact) mass is 447 g/mol. The van der Waals surface area contributed by atoms with Gasteiger partial charge in [0.05, 0.1) is 11.4 Å². The molecule has 0 saturated heterocycles. The number of phenolic OH excluding ortho intramolecular Hbond substituents is 1. The fraction of sp³-hybridized carbons (Fsp3) is 0.238. The summed E-state index contributed by atoms with van der Waals surface area (Å²) < 4.78 is 53.2. The number of fused-ring (bicyclic) bond motifs is 1. The van der Waals surface area contributed by atoms with Crippen molar-refractivity contribution in [2.24, 2.45) is 5.73 Å². The lowest BCUT2D eigenvalue weighted by atomic mass is 9.92. The van der Waals surface area contributed by atoms with Crippen LogP contribution in [-0.4, -0.2) is 37.4 Å². The smallest absolute Gasteiger partial charge is 0.451 e. The van der Waals surface area contributed by atoms with Gasteiger partial charge in [0.15, 0.2) is 0 Å². The zero-order valence-corrected chi connectivity index (χ0v) is 16.5. The molecular formula is C21H17F4N5O2. The van der Waals surface area contributed by atoms with Gasteiger partial charge in [-0.3, -0.25) is 9.69 Å². The molecule has 3 heterocycles. The van der Waals surface area contributed by atoms with E-state index in [9.17, 15) is 27.5 Å². The molecule has 0 aliphatic carbocycles. The highest BCUT2D eigenvalue weighted by Gasteiger charge is 2.35. The number of aromatic hydroxyl groups is 1. The first-order valence-electron chi connectivity index (χ1n) is 9.55. The van der Waals surface area contributed by atoms with Gasteiger partial charge in [0.1, 0.15) is 17.3 Å². The minimum Gasteiger partial charge on any atom is -0.508 e. The Labute approximate surface area is 179 Å². The van der Waals surface area contributed by atoms with Gasteiger partial charge in [0.2, 0.25) is 5.82 Å². The maximum atomic E-state index is 14.5. The van der Waals surface area contributed by atoms with Gasteiger partial charge in [-0.2, -0.15) is 13.2 Å². The highest BCUT2D eigenvalue weighted by molar-refractivity contribution is 5.92. The SMILES string of the molecule is NC(=O)c1cc(-c2ccc(O)cc2F)c2c(n1)CN(Cc1ccnc(C(F)(F)F)n1)CC2. The Morgan fingerprint density at radius 3 is 2.62 bits per heavy atom. The minimum atomic E-state index is -4.65. The number of alkyl halides is 3. The standard InChI is InChI=1S/C21H17F4N5O2/c22-16-7-12(31)1-2-13(16)15-8-17(19(26)32)29-18-10-30(6-4-14(15)18)9-11-3-5-27-20(28-11)21(23,24)25/h1-3,5,7-8,31H,4,6,9-10H2,(H2,26,32). The third-order valence-electron chi connectivity index (χ3n) is 5.11. The number of hydrogen-bond acceptors (Lipinski definition) is 6.